The third-order valence-electron chi connectivity index (χ3n) is 9.81. The molecule has 2 nitrogen and oxygen atoms in total. The lowest BCUT2D eigenvalue weighted by Gasteiger charge is -2.41. The number of anilines is 2. The second-order valence-corrected chi connectivity index (χ2v) is 12.4. The van der Waals surface area contributed by atoms with Crippen molar-refractivity contribution < 1.29 is 0 Å². The van der Waals surface area contributed by atoms with E-state index in [0.717, 1.165) is 5.69 Å². The third-order valence-corrected chi connectivity index (χ3v) is 9.81. The molecule has 3 aromatic carbocycles. The molecule has 6 aliphatic rings. The summed E-state index contributed by atoms with van der Waals surface area (Å²) in [6.07, 6.45) is 22.5. The van der Waals surface area contributed by atoms with Crippen molar-refractivity contribution in [3.05, 3.63) is 178 Å². The number of allylic oxidation sites excluding steroid dienone is 11. The molecule has 200 valence electrons. The normalized spacial score (nSPS) is 23.0. The van der Waals surface area contributed by atoms with Gasteiger partial charge in [0.15, 0.2) is 0 Å². The lowest BCUT2D eigenvalue weighted by atomic mass is 9.66. The van der Waals surface area contributed by atoms with Crippen molar-refractivity contribution in [2.45, 2.75) is 25.3 Å². The molecule has 0 spiro atoms. The molecule has 9 rings (SSSR count). The lowest BCUT2D eigenvalue weighted by Crippen LogP contribution is -2.31. The molecule has 0 radical (unpaired) electrons. The highest BCUT2D eigenvalue weighted by Crippen LogP contribution is 2.53. The molecule has 1 aliphatic heterocycles. The summed E-state index contributed by atoms with van der Waals surface area (Å²) in [6, 6.07) is 26.8. The van der Waals surface area contributed by atoms with Gasteiger partial charge in [-0.3, -0.25) is 4.99 Å². The number of rotatable bonds is 3. The fraction of sp³-hybridized carbons (Fsp3) is 0.125. The Morgan fingerprint density at radius 2 is 1.55 bits per heavy atom. The number of nitrogens with zero attached hydrogens (tertiary/aromatic N) is 2. The van der Waals surface area contributed by atoms with Crippen molar-refractivity contribution in [3.63, 3.8) is 0 Å². The van der Waals surface area contributed by atoms with Gasteiger partial charge in [0.2, 0.25) is 0 Å². The van der Waals surface area contributed by atoms with Crippen LogP contribution in [0.25, 0.3) is 11.1 Å². The van der Waals surface area contributed by atoms with Crippen molar-refractivity contribution in [1.82, 2.24) is 0 Å². The van der Waals surface area contributed by atoms with Gasteiger partial charge in [0.25, 0.3) is 0 Å². The van der Waals surface area contributed by atoms with E-state index in [4.69, 9.17) is 4.99 Å². The van der Waals surface area contributed by atoms with Crippen LogP contribution >= 0.6 is 0 Å². The minimum Gasteiger partial charge on any atom is -0.310 e. The first kappa shape index (κ1) is 23.7. The Morgan fingerprint density at radius 3 is 2.45 bits per heavy atom. The molecule has 42 heavy (non-hydrogen) atoms. The zero-order chi connectivity index (χ0) is 28.0. The SMILES string of the molecule is CC1(C)c2ccccc2-c2ccc(N(C3=C4C=CC5=C6C(=CC=C(C=C3)C46)C3N=CC=CC3=C5)c3ccccc3)cc21. The number of benzene rings is 3. The second-order valence-electron chi connectivity index (χ2n) is 12.4. The molecule has 1 heterocycles. The summed E-state index contributed by atoms with van der Waals surface area (Å²) in [5, 5.41) is 0. The fourth-order valence-electron chi connectivity index (χ4n) is 7.83. The number of aliphatic imine (C=N–C) groups is 1. The van der Waals surface area contributed by atoms with Gasteiger partial charge in [-0.15, -0.1) is 0 Å². The largest absolute Gasteiger partial charge is 0.310 e. The molecule has 3 aromatic rings. The first-order chi connectivity index (χ1) is 20.6. The van der Waals surface area contributed by atoms with Crippen LogP contribution in [0.15, 0.2) is 172 Å². The summed E-state index contributed by atoms with van der Waals surface area (Å²) < 4.78 is 0. The molecule has 0 N–H and O–H groups in total. The van der Waals surface area contributed by atoms with Crippen LogP contribution in [0.4, 0.5) is 11.4 Å². The Hall–Kier alpha value is -4.95. The van der Waals surface area contributed by atoms with Gasteiger partial charge < -0.3 is 4.90 Å². The van der Waals surface area contributed by atoms with Crippen LogP contribution in [0, 0.1) is 5.92 Å². The minimum atomic E-state index is -0.0605. The van der Waals surface area contributed by atoms with Gasteiger partial charge in [-0.05, 0) is 98.2 Å². The summed E-state index contributed by atoms with van der Waals surface area (Å²) in [5.41, 5.74) is 17.0. The third kappa shape index (κ3) is 3.18. The molecule has 0 saturated carbocycles. The molecular weight excluding hydrogens is 508 g/mol. The molecule has 2 heteroatoms. The van der Waals surface area contributed by atoms with Crippen LogP contribution in [-0.4, -0.2) is 12.3 Å². The maximum absolute atomic E-state index is 4.89. The quantitative estimate of drug-likeness (QED) is 0.324. The highest BCUT2D eigenvalue weighted by atomic mass is 15.1. The van der Waals surface area contributed by atoms with E-state index in [2.05, 4.69) is 140 Å². The standard InChI is InChI=1S/C40H30N2/c1-40(2)34-13-7-6-12-30(34)31-20-17-29(24-35(31)40)42(28-10-4-3-5-11-28)36-21-16-25-14-19-33-38-26(15-18-32(36)37(25)38)23-27-9-8-22-41-39(27)33/h3-24,37,39H,1-2H3. The van der Waals surface area contributed by atoms with E-state index in [-0.39, 0.29) is 17.4 Å². The number of hydrogen-bond donors (Lipinski definition) is 0. The summed E-state index contributed by atoms with van der Waals surface area (Å²) in [5.74, 6) is 0.199. The molecule has 0 aromatic heterocycles. The topological polar surface area (TPSA) is 15.6 Å². The van der Waals surface area contributed by atoms with Crippen molar-refractivity contribution in [1.29, 1.82) is 0 Å². The van der Waals surface area contributed by atoms with Gasteiger partial charge in [0.05, 0.1) is 5.70 Å². The van der Waals surface area contributed by atoms with E-state index in [1.165, 1.54) is 67.1 Å². The highest BCUT2D eigenvalue weighted by molar-refractivity contribution is 5.85. The predicted octanol–water partition coefficient (Wildman–Crippen LogP) is 9.25. The lowest BCUT2D eigenvalue weighted by molar-refractivity contribution is 0.660. The molecule has 0 amide bonds. The molecule has 0 fully saturated rings. The first-order valence-corrected chi connectivity index (χ1v) is 14.9. The fourth-order valence-corrected chi connectivity index (χ4v) is 7.83. The van der Waals surface area contributed by atoms with Crippen LogP contribution < -0.4 is 4.90 Å². The van der Waals surface area contributed by atoms with E-state index in [1.807, 2.05) is 12.3 Å². The monoisotopic (exact) mass is 538 g/mol. The van der Waals surface area contributed by atoms with E-state index in [0.29, 0.717) is 0 Å². The maximum atomic E-state index is 4.89. The molecule has 2 unspecified atom stereocenters. The van der Waals surface area contributed by atoms with Crippen LogP contribution in [0.3, 0.4) is 0 Å². The van der Waals surface area contributed by atoms with E-state index in [9.17, 15) is 0 Å². The van der Waals surface area contributed by atoms with E-state index in [1.54, 1.807) is 0 Å². The summed E-state index contributed by atoms with van der Waals surface area (Å²) >= 11 is 0. The number of dihydropyridines is 1. The average Bonchev–Trinajstić information content (AvgIpc) is 3.26. The molecule has 5 aliphatic carbocycles. The Balaban J connectivity index is 1.23. The number of para-hydroxylation sites is 1. The van der Waals surface area contributed by atoms with Crippen molar-refractivity contribution in [2.75, 3.05) is 4.90 Å². The molecule has 0 saturated heterocycles. The van der Waals surface area contributed by atoms with Crippen LogP contribution in [0.5, 0.6) is 0 Å². The summed E-state index contributed by atoms with van der Waals surface area (Å²) in [7, 11) is 0. The van der Waals surface area contributed by atoms with Gasteiger partial charge in [-0.2, -0.15) is 0 Å². The maximum Gasteiger partial charge on any atom is 0.100 e. The minimum absolute atomic E-state index is 0.0605. The Morgan fingerprint density at radius 1 is 0.714 bits per heavy atom. The Labute approximate surface area is 247 Å². The first-order valence-electron chi connectivity index (χ1n) is 14.9. The molecule has 2 atom stereocenters. The second kappa shape index (κ2) is 8.53. The van der Waals surface area contributed by atoms with Crippen molar-refractivity contribution >= 4 is 17.6 Å². The van der Waals surface area contributed by atoms with Gasteiger partial charge in [-0.1, -0.05) is 98.8 Å². The van der Waals surface area contributed by atoms with Crippen LogP contribution in [-0.2, 0) is 5.41 Å². The smallest absolute Gasteiger partial charge is 0.100 e. The summed E-state index contributed by atoms with van der Waals surface area (Å²) in [6.45, 7) is 4.71. The van der Waals surface area contributed by atoms with Crippen LogP contribution in [0.1, 0.15) is 25.0 Å². The van der Waals surface area contributed by atoms with E-state index >= 15 is 0 Å². The molecule has 0 bridgehead atoms. The summed E-state index contributed by atoms with van der Waals surface area (Å²) in [4.78, 5) is 7.35. The zero-order valence-electron chi connectivity index (χ0n) is 23.8. The van der Waals surface area contributed by atoms with Crippen molar-refractivity contribution in [2.24, 2.45) is 10.9 Å². The van der Waals surface area contributed by atoms with Gasteiger partial charge in [0, 0.05) is 28.9 Å². The number of fused-ring (bicyclic) bond motifs is 5. The van der Waals surface area contributed by atoms with Gasteiger partial charge in [-0.25, -0.2) is 0 Å². The number of hydrogen-bond acceptors (Lipinski definition) is 2. The predicted molar refractivity (Wildman–Crippen MR) is 174 cm³/mol. The highest BCUT2D eigenvalue weighted by Gasteiger charge is 2.40. The van der Waals surface area contributed by atoms with Crippen molar-refractivity contribution in [3.8, 4) is 11.1 Å². The Bertz CT molecular complexity index is 2000. The Kier molecular flexibility index (Phi) is 4.82. The van der Waals surface area contributed by atoms with Crippen LogP contribution in [0.2, 0.25) is 0 Å². The molecular formula is C40H30N2. The zero-order valence-corrected chi connectivity index (χ0v) is 23.8. The average molecular weight is 539 g/mol. The van der Waals surface area contributed by atoms with Gasteiger partial charge >= 0.3 is 0 Å². The van der Waals surface area contributed by atoms with Gasteiger partial charge in [0.1, 0.15) is 6.04 Å². The van der Waals surface area contributed by atoms with E-state index < -0.39 is 0 Å².